The summed E-state index contributed by atoms with van der Waals surface area (Å²) in [5, 5.41) is 3.74. The lowest BCUT2D eigenvalue weighted by molar-refractivity contribution is 0.302. The van der Waals surface area contributed by atoms with Crippen molar-refractivity contribution in [3.63, 3.8) is 0 Å². The number of ether oxygens (including phenoxy) is 1. The van der Waals surface area contributed by atoms with E-state index in [-0.39, 0.29) is 0 Å². The van der Waals surface area contributed by atoms with Crippen LogP contribution < -0.4 is 10.1 Å². The molecule has 0 bridgehead atoms. The molecule has 2 fully saturated rings. The molecule has 1 aromatic rings. The number of hydrogen-bond acceptors (Lipinski definition) is 2. The first-order chi connectivity index (χ1) is 9.60. The third-order valence-corrected chi connectivity index (χ3v) is 4.65. The van der Waals surface area contributed by atoms with Crippen LogP contribution in [0.15, 0.2) is 24.3 Å². The Kier molecular flexibility index (Phi) is 3.76. The summed E-state index contributed by atoms with van der Waals surface area (Å²) in [6, 6.07) is 9.22. The molecule has 0 aliphatic heterocycles. The van der Waals surface area contributed by atoms with E-state index in [9.17, 15) is 0 Å². The molecule has 0 spiro atoms. The lowest BCUT2D eigenvalue weighted by atomic mass is 9.96. The van der Waals surface area contributed by atoms with Crippen LogP contribution >= 0.6 is 0 Å². The lowest BCUT2D eigenvalue weighted by Crippen LogP contribution is -2.25. The highest BCUT2D eigenvalue weighted by molar-refractivity contribution is 5.32. The molecule has 0 aromatic heterocycles. The molecule has 0 saturated heterocycles. The van der Waals surface area contributed by atoms with Gasteiger partial charge in [0.05, 0.1) is 6.10 Å². The molecule has 2 heteroatoms. The number of nitrogens with one attached hydrogen (secondary N) is 1. The van der Waals surface area contributed by atoms with Gasteiger partial charge in [0.1, 0.15) is 5.75 Å². The van der Waals surface area contributed by atoms with Crippen molar-refractivity contribution in [3.8, 4) is 5.75 Å². The second-order valence-corrected chi connectivity index (χ2v) is 7.12. The van der Waals surface area contributed by atoms with Crippen LogP contribution in [-0.2, 0) is 0 Å². The van der Waals surface area contributed by atoms with Gasteiger partial charge in [0.25, 0.3) is 0 Å². The highest BCUT2D eigenvalue weighted by Crippen LogP contribution is 2.57. The molecule has 2 nitrogen and oxygen atoms in total. The SMILES string of the molecule is CCCNC(c1cccc(OC2CC2)c1)C1CC1(C)C. The van der Waals surface area contributed by atoms with Gasteiger partial charge in [-0.25, -0.2) is 0 Å². The molecular weight excluding hydrogens is 246 g/mol. The smallest absolute Gasteiger partial charge is 0.120 e. The Bertz CT molecular complexity index is 464. The number of benzene rings is 1. The second kappa shape index (κ2) is 5.40. The minimum Gasteiger partial charge on any atom is -0.490 e. The van der Waals surface area contributed by atoms with Gasteiger partial charge in [-0.3, -0.25) is 0 Å². The van der Waals surface area contributed by atoms with E-state index in [1.807, 2.05) is 0 Å². The minimum absolute atomic E-state index is 0.477. The predicted octanol–water partition coefficient (Wildman–Crippen LogP) is 4.31. The second-order valence-electron chi connectivity index (χ2n) is 7.12. The van der Waals surface area contributed by atoms with Gasteiger partial charge in [0, 0.05) is 6.04 Å². The monoisotopic (exact) mass is 273 g/mol. The summed E-state index contributed by atoms with van der Waals surface area (Å²) in [4.78, 5) is 0. The summed E-state index contributed by atoms with van der Waals surface area (Å²) in [5.41, 5.74) is 1.88. The van der Waals surface area contributed by atoms with Gasteiger partial charge in [-0.2, -0.15) is 0 Å². The van der Waals surface area contributed by atoms with E-state index in [2.05, 4.69) is 50.4 Å². The normalized spacial score (nSPS) is 25.2. The molecule has 3 rings (SSSR count). The lowest BCUT2D eigenvalue weighted by Gasteiger charge is -2.21. The molecule has 2 saturated carbocycles. The Labute approximate surface area is 122 Å². The first-order valence-corrected chi connectivity index (χ1v) is 8.10. The zero-order valence-corrected chi connectivity index (χ0v) is 13.0. The summed E-state index contributed by atoms with van der Waals surface area (Å²) >= 11 is 0. The van der Waals surface area contributed by atoms with Gasteiger partial charge in [-0.05, 0) is 61.3 Å². The Hall–Kier alpha value is -1.02. The van der Waals surface area contributed by atoms with Gasteiger partial charge in [0.2, 0.25) is 0 Å². The fourth-order valence-electron chi connectivity index (χ4n) is 3.03. The van der Waals surface area contributed by atoms with E-state index in [1.165, 1.54) is 31.2 Å². The van der Waals surface area contributed by atoms with E-state index < -0.39 is 0 Å². The fourth-order valence-corrected chi connectivity index (χ4v) is 3.03. The Morgan fingerprint density at radius 2 is 2.10 bits per heavy atom. The number of hydrogen-bond donors (Lipinski definition) is 1. The van der Waals surface area contributed by atoms with E-state index in [0.29, 0.717) is 17.6 Å². The van der Waals surface area contributed by atoms with E-state index in [4.69, 9.17) is 4.74 Å². The summed E-state index contributed by atoms with van der Waals surface area (Å²) in [6.07, 6.45) is 5.42. The quantitative estimate of drug-likeness (QED) is 0.799. The van der Waals surface area contributed by atoms with Crippen molar-refractivity contribution < 1.29 is 4.74 Å². The van der Waals surface area contributed by atoms with Crippen molar-refractivity contribution in [3.05, 3.63) is 29.8 Å². The third-order valence-electron chi connectivity index (χ3n) is 4.65. The topological polar surface area (TPSA) is 21.3 Å². The standard InChI is InChI=1S/C18H27NO/c1-4-10-19-17(16-12-18(16,2)3)13-6-5-7-15(11-13)20-14-8-9-14/h5-7,11,14,16-17,19H,4,8-10,12H2,1-3H3. The van der Waals surface area contributed by atoms with Crippen LogP contribution in [0.25, 0.3) is 0 Å². The van der Waals surface area contributed by atoms with Crippen LogP contribution in [0.4, 0.5) is 0 Å². The van der Waals surface area contributed by atoms with Crippen LogP contribution in [-0.4, -0.2) is 12.6 Å². The first-order valence-electron chi connectivity index (χ1n) is 8.10. The van der Waals surface area contributed by atoms with Crippen LogP contribution in [0, 0.1) is 11.3 Å². The van der Waals surface area contributed by atoms with Crippen LogP contribution in [0.3, 0.4) is 0 Å². The van der Waals surface area contributed by atoms with Gasteiger partial charge in [-0.1, -0.05) is 32.9 Å². The summed E-state index contributed by atoms with van der Waals surface area (Å²) in [7, 11) is 0. The fraction of sp³-hybridized carbons (Fsp3) is 0.667. The zero-order chi connectivity index (χ0) is 14.2. The van der Waals surface area contributed by atoms with Crippen LogP contribution in [0.2, 0.25) is 0 Å². The molecule has 0 amide bonds. The van der Waals surface area contributed by atoms with Crippen LogP contribution in [0.5, 0.6) is 5.75 Å². The van der Waals surface area contributed by atoms with Crippen molar-refractivity contribution in [2.24, 2.45) is 11.3 Å². The van der Waals surface area contributed by atoms with Gasteiger partial charge < -0.3 is 10.1 Å². The predicted molar refractivity (Wildman–Crippen MR) is 83.0 cm³/mol. The van der Waals surface area contributed by atoms with E-state index in [0.717, 1.165) is 18.2 Å². The first kappa shape index (κ1) is 13.9. The largest absolute Gasteiger partial charge is 0.490 e. The third kappa shape index (κ3) is 3.17. The average molecular weight is 273 g/mol. The summed E-state index contributed by atoms with van der Waals surface area (Å²) in [6.45, 7) is 8.07. The molecule has 110 valence electrons. The van der Waals surface area contributed by atoms with Crippen molar-refractivity contribution in [1.82, 2.24) is 5.32 Å². The highest BCUT2D eigenvalue weighted by atomic mass is 16.5. The molecule has 2 aliphatic rings. The molecule has 2 atom stereocenters. The van der Waals surface area contributed by atoms with Crippen molar-refractivity contribution in [2.75, 3.05) is 6.54 Å². The molecular formula is C18H27NO. The highest BCUT2D eigenvalue weighted by Gasteiger charge is 2.50. The Morgan fingerprint density at radius 1 is 1.35 bits per heavy atom. The average Bonchev–Trinajstić information content (AvgIpc) is 3.31. The maximum absolute atomic E-state index is 5.94. The van der Waals surface area contributed by atoms with Crippen LogP contribution in [0.1, 0.15) is 58.1 Å². The molecule has 0 radical (unpaired) electrons. The molecule has 1 N–H and O–H groups in total. The number of rotatable bonds is 7. The minimum atomic E-state index is 0.477. The van der Waals surface area contributed by atoms with Gasteiger partial charge in [0.15, 0.2) is 0 Å². The van der Waals surface area contributed by atoms with Gasteiger partial charge >= 0.3 is 0 Å². The van der Waals surface area contributed by atoms with E-state index in [1.54, 1.807) is 0 Å². The zero-order valence-electron chi connectivity index (χ0n) is 13.0. The van der Waals surface area contributed by atoms with Crippen molar-refractivity contribution in [2.45, 2.75) is 58.6 Å². The maximum Gasteiger partial charge on any atom is 0.120 e. The van der Waals surface area contributed by atoms with E-state index >= 15 is 0 Å². The summed E-state index contributed by atoms with van der Waals surface area (Å²) < 4.78 is 5.94. The van der Waals surface area contributed by atoms with Gasteiger partial charge in [-0.15, -0.1) is 0 Å². The molecule has 1 aromatic carbocycles. The summed E-state index contributed by atoms with van der Waals surface area (Å²) in [5.74, 6) is 1.80. The maximum atomic E-state index is 5.94. The molecule has 0 heterocycles. The van der Waals surface area contributed by atoms with Crippen molar-refractivity contribution >= 4 is 0 Å². The Morgan fingerprint density at radius 3 is 2.70 bits per heavy atom. The Balaban J connectivity index is 1.75. The molecule has 20 heavy (non-hydrogen) atoms. The molecule has 2 unspecified atom stereocenters. The molecule has 2 aliphatic carbocycles. The van der Waals surface area contributed by atoms with Crippen molar-refractivity contribution in [1.29, 1.82) is 0 Å².